The highest BCUT2D eigenvalue weighted by atomic mass is 15.4. The predicted octanol–water partition coefficient (Wildman–Crippen LogP) is 5.64. The van der Waals surface area contributed by atoms with Gasteiger partial charge in [-0.2, -0.15) is 0 Å². The van der Waals surface area contributed by atoms with Crippen molar-refractivity contribution in [2.24, 2.45) is 0 Å². The van der Waals surface area contributed by atoms with Crippen LogP contribution in [-0.4, -0.2) is 11.1 Å². The van der Waals surface area contributed by atoms with Crippen LogP contribution in [0.25, 0.3) is 0 Å². The quantitative estimate of drug-likeness (QED) is 0.606. The van der Waals surface area contributed by atoms with Crippen molar-refractivity contribution in [3.05, 3.63) is 77.6 Å². The minimum atomic E-state index is 0.181. The molecule has 0 aliphatic carbocycles. The van der Waals surface area contributed by atoms with Gasteiger partial charge in [0.2, 0.25) is 0 Å². The van der Waals surface area contributed by atoms with Crippen molar-refractivity contribution < 1.29 is 0 Å². The minimum Gasteiger partial charge on any atom is -0.318 e. The lowest BCUT2D eigenvalue weighted by molar-refractivity contribution is 0.754. The Bertz CT molecular complexity index is 912. The van der Waals surface area contributed by atoms with Crippen LogP contribution in [0.3, 0.4) is 0 Å². The number of anilines is 4. The van der Waals surface area contributed by atoms with E-state index in [0.717, 1.165) is 11.4 Å². The molecular formula is C22H23N3. The highest BCUT2D eigenvalue weighted by molar-refractivity contribution is 5.89. The van der Waals surface area contributed by atoms with E-state index in [2.05, 4.69) is 91.0 Å². The average Bonchev–Trinajstić information content (AvgIpc) is 2.88. The molecule has 3 aromatic rings. The van der Waals surface area contributed by atoms with Gasteiger partial charge in [0.15, 0.2) is 0 Å². The second-order valence-electron chi connectivity index (χ2n) is 6.71. The second kappa shape index (κ2) is 5.92. The molecule has 1 aromatic heterocycles. The number of hydrogen-bond acceptors (Lipinski definition) is 3. The molecule has 0 saturated carbocycles. The Morgan fingerprint density at radius 3 is 1.96 bits per heavy atom. The maximum absolute atomic E-state index is 4.50. The first-order valence-electron chi connectivity index (χ1n) is 8.75. The topological polar surface area (TPSA) is 19.4 Å². The maximum Gasteiger partial charge on any atom is 0.108 e. The van der Waals surface area contributed by atoms with E-state index in [9.17, 15) is 0 Å². The van der Waals surface area contributed by atoms with E-state index in [4.69, 9.17) is 0 Å². The van der Waals surface area contributed by atoms with Crippen molar-refractivity contribution in [3.63, 3.8) is 0 Å². The highest BCUT2D eigenvalue weighted by Gasteiger charge is 2.36. The normalized spacial score (nSPS) is 16.2. The molecule has 126 valence electrons. The number of fused-ring (bicyclic) bond motifs is 1. The van der Waals surface area contributed by atoms with Crippen LogP contribution >= 0.6 is 0 Å². The Morgan fingerprint density at radius 1 is 0.720 bits per heavy atom. The largest absolute Gasteiger partial charge is 0.318 e. The van der Waals surface area contributed by atoms with Gasteiger partial charge < -0.3 is 9.80 Å². The standard InChI is InChI=1S/C22H23N3/c1-15-9-7-10-16(2)22(15)25-18(4)24(19-13-8-14-23-17(19)3)20-11-5-6-12-21(20)25/h5-14,18H,1-4H3/t18-/m0/s1. The van der Waals surface area contributed by atoms with Crippen LogP contribution in [0.5, 0.6) is 0 Å². The van der Waals surface area contributed by atoms with Gasteiger partial charge in [0, 0.05) is 11.9 Å². The van der Waals surface area contributed by atoms with E-state index in [0.29, 0.717) is 0 Å². The van der Waals surface area contributed by atoms with Crippen molar-refractivity contribution in [2.75, 3.05) is 9.80 Å². The molecule has 0 saturated heterocycles. The van der Waals surface area contributed by atoms with Gasteiger partial charge >= 0.3 is 0 Å². The van der Waals surface area contributed by atoms with Crippen molar-refractivity contribution in [2.45, 2.75) is 33.9 Å². The van der Waals surface area contributed by atoms with Crippen molar-refractivity contribution in [3.8, 4) is 0 Å². The molecule has 2 heterocycles. The van der Waals surface area contributed by atoms with Gasteiger partial charge in [-0.25, -0.2) is 0 Å². The summed E-state index contributed by atoms with van der Waals surface area (Å²) < 4.78 is 0. The third-order valence-electron chi connectivity index (χ3n) is 5.07. The van der Waals surface area contributed by atoms with Crippen LogP contribution in [0.2, 0.25) is 0 Å². The van der Waals surface area contributed by atoms with E-state index in [1.807, 2.05) is 12.3 Å². The predicted molar refractivity (Wildman–Crippen MR) is 105 cm³/mol. The number of rotatable bonds is 2. The van der Waals surface area contributed by atoms with E-state index in [-0.39, 0.29) is 6.17 Å². The molecule has 0 fully saturated rings. The monoisotopic (exact) mass is 329 g/mol. The Hall–Kier alpha value is -2.81. The fourth-order valence-corrected chi connectivity index (χ4v) is 3.94. The summed E-state index contributed by atoms with van der Waals surface area (Å²) in [4.78, 5) is 9.35. The molecule has 0 amide bonds. The fraction of sp³-hybridized carbons (Fsp3) is 0.227. The molecule has 3 nitrogen and oxygen atoms in total. The Morgan fingerprint density at radius 2 is 1.32 bits per heavy atom. The Kier molecular flexibility index (Phi) is 3.72. The van der Waals surface area contributed by atoms with Gasteiger partial charge in [0.05, 0.1) is 22.8 Å². The van der Waals surface area contributed by atoms with Gasteiger partial charge in [-0.3, -0.25) is 4.98 Å². The molecule has 0 N–H and O–H groups in total. The number of hydrogen-bond donors (Lipinski definition) is 0. The summed E-state index contributed by atoms with van der Waals surface area (Å²) in [6.07, 6.45) is 2.04. The summed E-state index contributed by atoms with van der Waals surface area (Å²) in [6.45, 7) is 8.72. The summed E-state index contributed by atoms with van der Waals surface area (Å²) in [5.41, 5.74) is 8.58. The highest BCUT2D eigenvalue weighted by Crippen LogP contribution is 2.49. The molecule has 0 spiro atoms. The lowest BCUT2D eigenvalue weighted by Crippen LogP contribution is -2.36. The van der Waals surface area contributed by atoms with Crippen LogP contribution in [0.1, 0.15) is 23.7 Å². The summed E-state index contributed by atoms with van der Waals surface area (Å²) in [5, 5.41) is 0. The number of benzene rings is 2. The first kappa shape index (κ1) is 15.7. The molecule has 1 aliphatic heterocycles. The molecule has 2 aromatic carbocycles. The van der Waals surface area contributed by atoms with Crippen LogP contribution in [0, 0.1) is 20.8 Å². The van der Waals surface area contributed by atoms with Crippen LogP contribution in [0.4, 0.5) is 22.7 Å². The van der Waals surface area contributed by atoms with Crippen molar-refractivity contribution in [1.82, 2.24) is 4.98 Å². The van der Waals surface area contributed by atoms with E-state index in [1.54, 1.807) is 0 Å². The summed E-state index contributed by atoms with van der Waals surface area (Å²) in [7, 11) is 0. The zero-order chi connectivity index (χ0) is 17.6. The van der Waals surface area contributed by atoms with Crippen LogP contribution in [-0.2, 0) is 0 Å². The molecule has 1 atom stereocenters. The van der Waals surface area contributed by atoms with Crippen LogP contribution in [0.15, 0.2) is 60.8 Å². The fourth-order valence-electron chi connectivity index (χ4n) is 3.94. The first-order chi connectivity index (χ1) is 12.1. The summed E-state index contributed by atoms with van der Waals surface area (Å²) >= 11 is 0. The third kappa shape index (κ3) is 2.39. The molecule has 4 rings (SSSR count). The number of aryl methyl sites for hydroxylation is 3. The SMILES string of the molecule is Cc1cccc(C)c1N1c2ccccc2N(c2cccnc2C)[C@@H]1C. The van der Waals surface area contributed by atoms with E-state index >= 15 is 0 Å². The van der Waals surface area contributed by atoms with Crippen LogP contribution < -0.4 is 9.80 Å². The minimum absolute atomic E-state index is 0.181. The van der Waals surface area contributed by atoms with Crippen molar-refractivity contribution in [1.29, 1.82) is 0 Å². The molecule has 3 heteroatoms. The maximum atomic E-state index is 4.50. The summed E-state index contributed by atoms with van der Waals surface area (Å²) in [5.74, 6) is 0. The van der Waals surface area contributed by atoms with E-state index in [1.165, 1.54) is 28.2 Å². The Balaban J connectivity index is 1.93. The van der Waals surface area contributed by atoms with Gasteiger partial charge in [0.25, 0.3) is 0 Å². The lowest BCUT2D eigenvalue weighted by atomic mass is 10.1. The lowest BCUT2D eigenvalue weighted by Gasteiger charge is -2.32. The average molecular weight is 329 g/mol. The zero-order valence-corrected chi connectivity index (χ0v) is 15.2. The van der Waals surface area contributed by atoms with Gasteiger partial charge in [-0.05, 0) is 63.1 Å². The third-order valence-corrected chi connectivity index (χ3v) is 5.07. The van der Waals surface area contributed by atoms with Crippen molar-refractivity contribution >= 4 is 22.7 Å². The first-order valence-corrected chi connectivity index (χ1v) is 8.75. The zero-order valence-electron chi connectivity index (χ0n) is 15.2. The second-order valence-corrected chi connectivity index (χ2v) is 6.71. The van der Waals surface area contributed by atoms with E-state index < -0.39 is 0 Å². The smallest absolute Gasteiger partial charge is 0.108 e. The molecule has 1 aliphatic rings. The molecule has 0 radical (unpaired) electrons. The molecule has 0 bridgehead atoms. The number of nitrogens with zero attached hydrogens (tertiary/aromatic N) is 3. The van der Waals surface area contributed by atoms with Gasteiger partial charge in [0.1, 0.15) is 6.17 Å². The molecule has 0 unspecified atom stereocenters. The van der Waals surface area contributed by atoms with Gasteiger partial charge in [-0.15, -0.1) is 0 Å². The summed E-state index contributed by atoms with van der Waals surface area (Å²) in [6, 6.07) is 19.3. The molecule has 25 heavy (non-hydrogen) atoms. The Labute approximate surface area is 149 Å². The molecular weight excluding hydrogens is 306 g/mol. The number of para-hydroxylation sites is 3. The number of pyridine rings is 1. The number of aromatic nitrogens is 1. The van der Waals surface area contributed by atoms with Gasteiger partial charge in [-0.1, -0.05) is 30.3 Å².